The summed E-state index contributed by atoms with van der Waals surface area (Å²) in [4.78, 5) is 17.0. The molecule has 2 heterocycles. The molecule has 0 atom stereocenters. The highest BCUT2D eigenvalue weighted by atomic mass is 35.5. The van der Waals surface area contributed by atoms with Gasteiger partial charge in [0.1, 0.15) is 5.52 Å². The fourth-order valence-electron chi connectivity index (χ4n) is 3.09. The van der Waals surface area contributed by atoms with Crippen LogP contribution in [0.3, 0.4) is 0 Å². The number of hydrogen-bond acceptors (Lipinski definition) is 6. The first kappa shape index (κ1) is 19.8. The number of morpholine rings is 1. The molecule has 0 bridgehead atoms. The Kier molecular flexibility index (Phi) is 5.30. The number of fused-ring (bicyclic) bond motifs is 1. The monoisotopic (exact) mass is 435 g/mol. The lowest BCUT2D eigenvalue weighted by Gasteiger charge is -2.26. The Morgan fingerprint density at radius 3 is 2.69 bits per heavy atom. The van der Waals surface area contributed by atoms with Crippen molar-refractivity contribution in [1.29, 1.82) is 0 Å². The van der Waals surface area contributed by atoms with Crippen LogP contribution < -0.4 is 5.32 Å². The maximum Gasteiger partial charge on any atom is 0.257 e. The van der Waals surface area contributed by atoms with Crippen LogP contribution in [-0.4, -0.2) is 49.9 Å². The standard InChI is InChI=1S/C19H18ClN3O5S/c1-12-21-17-5-2-13(10-18(17)28-12)22-19(24)15-11-14(3-4-16(15)20)29(25,26)23-6-8-27-9-7-23/h2-5,10-11H,6-9H2,1H3,(H,22,24). The lowest BCUT2D eigenvalue weighted by molar-refractivity contribution is 0.0730. The number of nitrogens with zero attached hydrogens (tertiary/aromatic N) is 2. The number of carbonyl (C=O) groups is 1. The summed E-state index contributed by atoms with van der Waals surface area (Å²) in [6.07, 6.45) is 0. The number of nitrogens with one attached hydrogen (secondary N) is 1. The van der Waals surface area contributed by atoms with Gasteiger partial charge in [-0.05, 0) is 30.3 Å². The van der Waals surface area contributed by atoms with Gasteiger partial charge in [0.05, 0.1) is 28.7 Å². The topological polar surface area (TPSA) is 102 Å². The third-order valence-electron chi connectivity index (χ3n) is 4.54. The lowest BCUT2D eigenvalue weighted by Crippen LogP contribution is -2.40. The van der Waals surface area contributed by atoms with E-state index in [1.54, 1.807) is 25.1 Å². The molecular weight excluding hydrogens is 418 g/mol. The average molecular weight is 436 g/mol. The zero-order chi connectivity index (χ0) is 20.6. The number of aromatic nitrogens is 1. The van der Waals surface area contributed by atoms with E-state index in [1.165, 1.54) is 22.5 Å². The first-order chi connectivity index (χ1) is 13.8. The molecule has 1 amide bonds. The molecule has 0 unspecified atom stereocenters. The number of aryl methyl sites for hydroxylation is 1. The second-order valence-corrected chi connectivity index (χ2v) is 8.87. The van der Waals surface area contributed by atoms with Crippen molar-refractivity contribution >= 4 is 44.3 Å². The molecule has 1 saturated heterocycles. The van der Waals surface area contributed by atoms with Crippen molar-refractivity contribution in [3.05, 3.63) is 52.9 Å². The van der Waals surface area contributed by atoms with Gasteiger partial charge >= 0.3 is 0 Å². The van der Waals surface area contributed by atoms with Crippen LogP contribution in [0.5, 0.6) is 0 Å². The van der Waals surface area contributed by atoms with Crippen LogP contribution in [0.25, 0.3) is 11.1 Å². The van der Waals surface area contributed by atoms with E-state index in [0.717, 1.165) is 0 Å². The maximum absolute atomic E-state index is 12.9. The molecule has 0 radical (unpaired) electrons. The van der Waals surface area contributed by atoms with Crippen molar-refractivity contribution in [2.45, 2.75) is 11.8 Å². The number of oxazole rings is 1. The Hall–Kier alpha value is -2.46. The average Bonchev–Trinajstić information content (AvgIpc) is 3.08. The largest absolute Gasteiger partial charge is 0.441 e. The molecule has 0 saturated carbocycles. The van der Waals surface area contributed by atoms with Crippen LogP contribution in [0.15, 0.2) is 45.7 Å². The van der Waals surface area contributed by atoms with Gasteiger partial charge in [0, 0.05) is 31.8 Å². The van der Waals surface area contributed by atoms with Gasteiger partial charge in [0.2, 0.25) is 10.0 Å². The van der Waals surface area contributed by atoms with Gasteiger partial charge in [0.15, 0.2) is 11.5 Å². The minimum absolute atomic E-state index is 0.00950. The maximum atomic E-state index is 12.9. The summed E-state index contributed by atoms with van der Waals surface area (Å²) < 4.78 is 37.7. The molecule has 1 aliphatic heterocycles. The fourth-order valence-corrected chi connectivity index (χ4v) is 4.73. The zero-order valence-electron chi connectivity index (χ0n) is 15.5. The number of benzene rings is 2. The van der Waals surface area contributed by atoms with Crippen LogP contribution in [0.2, 0.25) is 5.02 Å². The van der Waals surface area contributed by atoms with E-state index < -0.39 is 15.9 Å². The first-order valence-corrected chi connectivity index (χ1v) is 10.7. The molecule has 8 nitrogen and oxygen atoms in total. The number of amides is 1. The number of sulfonamides is 1. The van der Waals surface area contributed by atoms with Gasteiger partial charge in [-0.1, -0.05) is 11.6 Å². The fraction of sp³-hybridized carbons (Fsp3) is 0.263. The molecule has 10 heteroatoms. The van der Waals surface area contributed by atoms with E-state index in [1.807, 2.05) is 0 Å². The number of anilines is 1. The Balaban J connectivity index is 1.61. The molecule has 1 aliphatic rings. The minimum atomic E-state index is -3.74. The third-order valence-corrected chi connectivity index (χ3v) is 6.77. The molecular formula is C19H18ClN3O5S. The van der Waals surface area contributed by atoms with Crippen molar-refractivity contribution in [3.63, 3.8) is 0 Å². The van der Waals surface area contributed by atoms with Gasteiger partial charge in [-0.3, -0.25) is 4.79 Å². The summed E-state index contributed by atoms with van der Waals surface area (Å²) in [6.45, 7) is 2.94. The van der Waals surface area contributed by atoms with E-state index in [4.69, 9.17) is 20.8 Å². The number of halogens is 1. The SMILES string of the molecule is Cc1nc2ccc(NC(=O)c3cc(S(=O)(=O)N4CCOCC4)ccc3Cl)cc2o1. The molecule has 0 aliphatic carbocycles. The van der Waals surface area contributed by atoms with Crippen molar-refractivity contribution < 1.29 is 22.4 Å². The quantitative estimate of drug-likeness (QED) is 0.675. The normalized spacial score (nSPS) is 15.5. The molecule has 3 aromatic rings. The minimum Gasteiger partial charge on any atom is -0.441 e. The molecule has 2 aromatic carbocycles. The van der Waals surface area contributed by atoms with Gasteiger partial charge in [-0.25, -0.2) is 13.4 Å². The summed E-state index contributed by atoms with van der Waals surface area (Å²) in [5.41, 5.74) is 1.76. The Labute approximate surface area is 172 Å². The Bertz CT molecular complexity index is 1190. The molecule has 1 fully saturated rings. The summed E-state index contributed by atoms with van der Waals surface area (Å²) in [6, 6.07) is 9.15. The number of ether oxygens (including phenoxy) is 1. The molecule has 152 valence electrons. The third kappa shape index (κ3) is 3.99. The van der Waals surface area contributed by atoms with Gasteiger partial charge in [0.25, 0.3) is 5.91 Å². The van der Waals surface area contributed by atoms with Gasteiger partial charge < -0.3 is 14.5 Å². The van der Waals surface area contributed by atoms with Crippen molar-refractivity contribution in [3.8, 4) is 0 Å². The van der Waals surface area contributed by atoms with Crippen LogP contribution >= 0.6 is 11.6 Å². The molecule has 4 rings (SSSR count). The number of rotatable bonds is 4. The number of carbonyl (C=O) groups excluding carboxylic acids is 1. The van der Waals surface area contributed by atoms with Crippen LogP contribution in [-0.2, 0) is 14.8 Å². The number of hydrogen-bond donors (Lipinski definition) is 1. The van der Waals surface area contributed by atoms with Crippen LogP contribution in [0.4, 0.5) is 5.69 Å². The Morgan fingerprint density at radius 1 is 1.17 bits per heavy atom. The predicted octanol–water partition coefficient (Wildman–Crippen LogP) is 3.06. The van der Waals surface area contributed by atoms with Crippen LogP contribution in [0, 0.1) is 6.92 Å². The molecule has 1 N–H and O–H groups in total. The van der Waals surface area contributed by atoms with E-state index in [0.29, 0.717) is 35.9 Å². The van der Waals surface area contributed by atoms with Crippen molar-refractivity contribution in [2.75, 3.05) is 31.6 Å². The second-order valence-electron chi connectivity index (χ2n) is 6.53. The molecule has 29 heavy (non-hydrogen) atoms. The van der Waals surface area contributed by atoms with Crippen LogP contribution in [0.1, 0.15) is 16.2 Å². The summed E-state index contributed by atoms with van der Waals surface area (Å²) >= 11 is 6.17. The Morgan fingerprint density at radius 2 is 1.93 bits per heavy atom. The lowest BCUT2D eigenvalue weighted by atomic mass is 10.2. The second kappa shape index (κ2) is 7.75. The summed E-state index contributed by atoms with van der Waals surface area (Å²) in [5, 5.41) is 2.87. The highest BCUT2D eigenvalue weighted by Gasteiger charge is 2.27. The first-order valence-electron chi connectivity index (χ1n) is 8.90. The van der Waals surface area contributed by atoms with Crippen molar-refractivity contribution in [1.82, 2.24) is 9.29 Å². The van der Waals surface area contributed by atoms with E-state index in [2.05, 4.69) is 10.3 Å². The molecule has 0 spiro atoms. The van der Waals surface area contributed by atoms with Gasteiger partial charge in [-0.15, -0.1) is 0 Å². The summed E-state index contributed by atoms with van der Waals surface area (Å²) in [5.74, 6) is -0.00263. The highest BCUT2D eigenvalue weighted by Crippen LogP contribution is 2.25. The van der Waals surface area contributed by atoms with E-state index in [-0.39, 0.29) is 28.6 Å². The highest BCUT2D eigenvalue weighted by molar-refractivity contribution is 7.89. The molecule has 1 aromatic heterocycles. The van der Waals surface area contributed by atoms with E-state index in [9.17, 15) is 13.2 Å². The van der Waals surface area contributed by atoms with E-state index >= 15 is 0 Å². The van der Waals surface area contributed by atoms with Gasteiger partial charge in [-0.2, -0.15) is 4.31 Å². The van der Waals surface area contributed by atoms with Crippen molar-refractivity contribution in [2.24, 2.45) is 0 Å². The predicted molar refractivity (Wildman–Crippen MR) is 108 cm³/mol. The zero-order valence-corrected chi connectivity index (χ0v) is 17.1. The smallest absolute Gasteiger partial charge is 0.257 e. The summed E-state index contributed by atoms with van der Waals surface area (Å²) in [7, 11) is -3.74.